The lowest BCUT2D eigenvalue weighted by Crippen LogP contribution is -2.37. The molecule has 5 nitrogen and oxygen atoms in total. The minimum Gasteiger partial charge on any atom is -0.496 e. The van der Waals surface area contributed by atoms with Crippen LogP contribution in [0.2, 0.25) is 0 Å². The Kier molecular flexibility index (Phi) is 5.93. The van der Waals surface area contributed by atoms with Gasteiger partial charge in [0.05, 0.1) is 19.1 Å². The van der Waals surface area contributed by atoms with Gasteiger partial charge < -0.3 is 9.47 Å². The van der Waals surface area contributed by atoms with Gasteiger partial charge in [0.25, 0.3) is 5.91 Å². The largest absolute Gasteiger partial charge is 0.496 e. The number of thiocarbonyl (C=S) groups is 1. The first kappa shape index (κ1) is 19.1. The first-order valence-electron chi connectivity index (χ1n) is 8.09. The van der Waals surface area contributed by atoms with Gasteiger partial charge in [-0.15, -0.1) is 0 Å². The maximum Gasteiger partial charge on any atom is 0.333 e. The van der Waals surface area contributed by atoms with Crippen LogP contribution < -0.4 is 4.74 Å². The monoisotopic (exact) mass is 399 g/mol. The highest BCUT2D eigenvalue weighted by atomic mass is 32.2. The third-order valence-corrected chi connectivity index (χ3v) is 5.38. The highest BCUT2D eigenvalue weighted by Gasteiger charge is 2.41. The van der Waals surface area contributed by atoms with Gasteiger partial charge in [0, 0.05) is 5.56 Å². The Morgan fingerprint density at radius 2 is 1.78 bits per heavy atom. The number of hydrogen-bond acceptors (Lipinski definition) is 6. The molecule has 1 heterocycles. The number of rotatable bonds is 5. The van der Waals surface area contributed by atoms with Crippen molar-refractivity contribution in [3.8, 4) is 5.75 Å². The molecule has 1 aliphatic heterocycles. The second kappa shape index (κ2) is 8.37. The molecule has 7 heteroatoms. The standard InChI is InChI=1S/C20H17NO4S2/c1-24-15-11-7-6-10-14(15)12-16-18(22)21(20(26)27-16)17(19(23)25-2)13-8-4-3-5-9-13/h3-12,17H,1-2H3/b16-12+. The number of para-hydroxylation sites is 1. The average Bonchev–Trinajstić information content (AvgIpc) is 2.97. The average molecular weight is 399 g/mol. The van der Waals surface area contributed by atoms with E-state index in [1.54, 1.807) is 37.5 Å². The molecule has 27 heavy (non-hydrogen) atoms. The van der Waals surface area contributed by atoms with Gasteiger partial charge in [-0.05, 0) is 17.7 Å². The quantitative estimate of drug-likeness (QED) is 0.433. The van der Waals surface area contributed by atoms with Gasteiger partial charge in [-0.25, -0.2) is 4.79 Å². The van der Waals surface area contributed by atoms with Gasteiger partial charge >= 0.3 is 5.97 Å². The van der Waals surface area contributed by atoms with Crippen LogP contribution in [0.5, 0.6) is 5.75 Å². The predicted octanol–water partition coefficient (Wildman–Crippen LogP) is 3.81. The van der Waals surface area contributed by atoms with Gasteiger partial charge in [-0.1, -0.05) is 72.5 Å². The third kappa shape index (κ3) is 3.89. The van der Waals surface area contributed by atoms with Crippen molar-refractivity contribution < 1.29 is 19.1 Å². The van der Waals surface area contributed by atoms with Crippen molar-refractivity contribution >= 4 is 46.3 Å². The predicted molar refractivity (Wildman–Crippen MR) is 109 cm³/mol. The molecule has 0 spiro atoms. The first-order chi connectivity index (χ1) is 13.1. The highest BCUT2D eigenvalue weighted by Crippen LogP contribution is 2.39. The molecule has 0 aromatic heterocycles. The number of hydrogen-bond donors (Lipinski definition) is 0. The van der Waals surface area contributed by atoms with Gasteiger partial charge in [0.1, 0.15) is 10.1 Å². The number of thioether (sulfide) groups is 1. The minimum absolute atomic E-state index is 0.306. The fourth-order valence-electron chi connectivity index (χ4n) is 2.77. The first-order valence-corrected chi connectivity index (χ1v) is 9.32. The number of benzene rings is 2. The van der Waals surface area contributed by atoms with Crippen molar-refractivity contribution in [2.75, 3.05) is 14.2 Å². The van der Waals surface area contributed by atoms with Crippen LogP contribution in [0.4, 0.5) is 0 Å². The lowest BCUT2D eigenvalue weighted by atomic mass is 10.1. The maximum absolute atomic E-state index is 13.1. The highest BCUT2D eigenvalue weighted by molar-refractivity contribution is 8.26. The van der Waals surface area contributed by atoms with Crippen LogP contribution in [0.25, 0.3) is 6.08 Å². The molecule has 0 radical (unpaired) electrons. The van der Waals surface area contributed by atoms with Crippen molar-refractivity contribution in [1.82, 2.24) is 4.90 Å². The molecule has 1 atom stereocenters. The summed E-state index contributed by atoms with van der Waals surface area (Å²) in [5.74, 6) is -0.235. The van der Waals surface area contributed by atoms with Crippen LogP contribution >= 0.6 is 24.0 Å². The molecule has 2 aromatic carbocycles. The van der Waals surface area contributed by atoms with E-state index in [1.165, 1.54) is 12.0 Å². The normalized spacial score (nSPS) is 16.5. The smallest absolute Gasteiger partial charge is 0.333 e. The van der Waals surface area contributed by atoms with Crippen molar-refractivity contribution in [3.63, 3.8) is 0 Å². The van der Waals surface area contributed by atoms with E-state index in [4.69, 9.17) is 21.7 Å². The molecule has 2 aromatic rings. The number of methoxy groups -OCH3 is 2. The number of nitrogens with zero attached hydrogens (tertiary/aromatic N) is 1. The van der Waals surface area contributed by atoms with Gasteiger partial charge in [-0.2, -0.15) is 0 Å². The van der Waals surface area contributed by atoms with Crippen LogP contribution in [-0.4, -0.2) is 35.3 Å². The molecule has 0 saturated carbocycles. The van der Waals surface area contributed by atoms with Crippen LogP contribution in [0.1, 0.15) is 17.2 Å². The zero-order valence-electron chi connectivity index (χ0n) is 14.7. The van der Waals surface area contributed by atoms with Crippen molar-refractivity contribution in [2.24, 2.45) is 0 Å². The lowest BCUT2D eigenvalue weighted by molar-refractivity contribution is -0.148. The summed E-state index contributed by atoms with van der Waals surface area (Å²) < 4.78 is 10.6. The maximum atomic E-state index is 13.1. The summed E-state index contributed by atoms with van der Waals surface area (Å²) in [6.07, 6.45) is 1.72. The zero-order chi connectivity index (χ0) is 19.4. The Morgan fingerprint density at radius 1 is 1.11 bits per heavy atom. The third-order valence-electron chi connectivity index (χ3n) is 4.05. The Balaban J connectivity index is 1.99. The van der Waals surface area contributed by atoms with Crippen molar-refractivity contribution in [2.45, 2.75) is 6.04 Å². The summed E-state index contributed by atoms with van der Waals surface area (Å²) in [6.45, 7) is 0. The Morgan fingerprint density at radius 3 is 2.44 bits per heavy atom. The number of amides is 1. The van der Waals surface area contributed by atoms with E-state index in [1.807, 2.05) is 30.3 Å². The van der Waals surface area contributed by atoms with Gasteiger partial charge in [-0.3, -0.25) is 9.69 Å². The molecular formula is C20H17NO4S2. The van der Waals surface area contributed by atoms with Gasteiger partial charge in [0.15, 0.2) is 6.04 Å². The summed E-state index contributed by atoms with van der Waals surface area (Å²) in [5.41, 5.74) is 1.40. The topological polar surface area (TPSA) is 55.8 Å². The van der Waals surface area contributed by atoms with E-state index in [0.717, 1.165) is 17.3 Å². The molecule has 1 amide bonds. The Hall–Kier alpha value is -2.64. The number of carbonyl (C=O) groups is 2. The van der Waals surface area contributed by atoms with E-state index >= 15 is 0 Å². The summed E-state index contributed by atoms with van der Waals surface area (Å²) >= 11 is 6.56. The van der Waals surface area contributed by atoms with Crippen LogP contribution in [-0.2, 0) is 14.3 Å². The molecule has 0 bridgehead atoms. The van der Waals surface area contributed by atoms with Crippen LogP contribution in [0.3, 0.4) is 0 Å². The molecule has 0 aliphatic carbocycles. The van der Waals surface area contributed by atoms with Crippen molar-refractivity contribution in [1.29, 1.82) is 0 Å². The van der Waals surface area contributed by atoms with E-state index in [0.29, 0.717) is 20.5 Å². The molecule has 138 valence electrons. The molecular weight excluding hydrogens is 382 g/mol. The van der Waals surface area contributed by atoms with E-state index in [2.05, 4.69) is 0 Å². The number of ether oxygens (including phenoxy) is 2. The molecule has 3 rings (SSSR count). The molecule has 1 aliphatic rings. The second-order valence-electron chi connectivity index (χ2n) is 5.63. The van der Waals surface area contributed by atoms with Gasteiger partial charge in [0.2, 0.25) is 0 Å². The van der Waals surface area contributed by atoms with Crippen LogP contribution in [0.15, 0.2) is 59.5 Å². The molecule has 0 N–H and O–H groups in total. The summed E-state index contributed by atoms with van der Waals surface area (Å²) in [7, 11) is 2.86. The fourth-order valence-corrected chi connectivity index (χ4v) is 4.07. The molecule has 1 unspecified atom stereocenters. The second-order valence-corrected chi connectivity index (χ2v) is 7.31. The number of esters is 1. The van der Waals surface area contributed by atoms with Crippen LogP contribution in [0, 0.1) is 0 Å². The fraction of sp³-hybridized carbons (Fsp3) is 0.150. The van der Waals surface area contributed by atoms with E-state index in [-0.39, 0.29) is 5.91 Å². The molecule has 1 saturated heterocycles. The summed E-state index contributed by atoms with van der Waals surface area (Å²) in [4.78, 5) is 27.2. The summed E-state index contributed by atoms with van der Waals surface area (Å²) in [5, 5.41) is 0. The van der Waals surface area contributed by atoms with E-state index < -0.39 is 12.0 Å². The van der Waals surface area contributed by atoms with E-state index in [9.17, 15) is 9.59 Å². The Labute approximate surface area is 167 Å². The number of carbonyl (C=O) groups excluding carboxylic acids is 2. The molecule has 1 fully saturated rings. The summed E-state index contributed by atoms with van der Waals surface area (Å²) in [6, 6.07) is 15.4. The minimum atomic E-state index is -0.924. The zero-order valence-corrected chi connectivity index (χ0v) is 16.4. The van der Waals surface area contributed by atoms with Crippen molar-refractivity contribution in [3.05, 3.63) is 70.6 Å². The lowest BCUT2D eigenvalue weighted by Gasteiger charge is -2.24. The SMILES string of the molecule is COC(=O)C(c1ccccc1)N1C(=O)/C(=C\c2ccccc2OC)SC1=S. The Bertz CT molecular complexity index is 911.